The molecule has 1 aromatic rings. The van der Waals surface area contributed by atoms with Crippen molar-refractivity contribution < 1.29 is 9.84 Å². The van der Waals surface area contributed by atoms with E-state index in [1.54, 1.807) is 11.8 Å². The standard InChI is InChI=1S/C13H18O2S/c1-16-9-8-15-13-7-3-4-10-11(13)5-2-6-12(10)14/h3-4,7,12,14H,2,5-6,8-9H2,1H3. The topological polar surface area (TPSA) is 29.5 Å². The van der Waals surface area contributed by atoms with Crippen molar-refractivity contribution in [2.24, 2.45) is 0 Å². The molecule has 0 amide bonds. The lowest BCUT2D eigenvalue weighted by atomic mass is 9.89. The molecule has 0 bridgehead atoms. The summed E-state index contributed by atoms with van der Waals surface area (Å²) in [4.78, 5) is 0. The van der Waals surface area contributed by atoms with Crippen LogP contribution in [0.25, 0.3) is 0 Å². The van der Waals surface area contributed by atoms with E-state index in [0.29, 0.717) is 0 Å². The van der Waals surface area contributed by atoms with Crippen LogP contribution in [0.1, 0.15) is 30.1 Å². The molecule has 1 unspecified atom stereocenters. The molecular formula is C13H18O2S. The number of hydrogen-bond acceptors (Lipinski definition) is 3. The van der Waals surface area contributed by atoms with Crippen molar-refractivity contribution in [3.05, 3.63) is 29.3 Å². The maximum atomic E-state index is 9.90. The first-order valence-electron chi connectivity index (χ1n) is 5.74. The summed E-state index contributed by atoms with van der Waals surface area (Å²) in [5, 5.41) is 9.90. The fourth-order valence-electron chi connectivity index (χ4n) is 2.16. The number of hydrogen-bond donors (Lipinski definition) is 1. The lowest BCUT2D eigenvalue weighted by molar-refractivity contribution is 0.155. The van der Waals surface area contributed by atoms with Gasteiger partial charge in [-0.3, -0.25) is 0 Å². The molecule has 1 aliphatic rings. The first kappa shape index (κ1) is 11.8. The predicted octanol–water partition coefficient (Wildman–Crippen LogP) is 2.80. The van der Waals surface area contributed by atoms with Crippen molar-refractivity contribution in [1.29, 1.82) is 0 Å². The van der Waals surface area contributed by atoms with Crippen molar-refractivity contribution in [3.8, 4) is 5.75 Å². The summed E-state index contributed by atoms with van der Waals surface area (Å²) in [6.07, 6.45) is 4.74. The molecule has 1 aliphatic carbocycles. The molecule has 88 valence electrons. The molecule has 1 N–H and O–H groups in total. The van der Waals surface area contributed by atoms with E-state index in [0.717, 1.165) is 42.9 Å². The SMILES string of the molecule is CSCCOc1cccc2c1CCCC2O. The van der Waals surface area contributed by atoms with Crippen LogP contribution in [0.2, 0.25) is 0 Å². The summed E-state index contributed by atoms with van der Waals surface area (Å²) in [6, 6.07) is 6.00. The van der Waals surface area contributed by atoms with Crippen molar-refractivity contribution in [2.45, 2.75) is 25.4 Å². The summed E-state index contributed by atoms with van der Waals surface area (Å²) in [5.74, 6) is 1.97. The van der Waals surface area contributed by atoms with Crippen LogP contribution >= 0.6 is 11.8 Å². The zero-order valence-electron chi connectivity index (χ0n) is 9.61. The highest BCUT2D eigenvalue weighted by Gasteiger charge is 2.20. The molecule has 2 rings (SSSR count). The normalized spacial score (nSPS) is 19.2. The fourth-order valence-corrected chi connectivity index (χ4v) is 2.41. The molecule has 0 aromatic heterocycles. The molecule has 0 spiro atoms. The van der Waals surface area contributed by atoms with E-state index in [9.17, 15) is 5.11 Å². The molecule has 2 nitrogen and oxygen atoms in total. The Morgan fingerprint density at radius 1 is 1.50 bits per heavy atom. The lowest BCUT2D eigenvalue weighted by Gasteiger charge is -2.23. The van der Waals surface area contributed by atoms with Gasteiger partial charge in [0.25, 0.3) is 0 Å². The number of thioether (sulfide) groups is 1. The molecule has 0 aliphatic heterocycles. The van der Waals surface area contributed by atoms with Gasteiger partial charge in [0.1, 0.15) is 5.75 Å². The van der Waals surface area contributed by atoms with E-state index in [1.807, 2.05) is 18.2 Å². The Hall–Kier alpha value is -0.670. The van der Waals surface area contributed by atoms with E-state index >= 15 is 0 Å². The Bertz CT molecular complexity index is 352. The van der Waals surface area contributed by atoms with E-state index in [2.05, 4.69) is 6.26 Å². The molecule has 1 atom stereocenters. The van der Waals surface area contributed by atoms with E-state index in [-0.39, 0.29) is 6.10 Å². The van der Waals surface area contributed by atoms with Gasteiger partial charge in [0.2, 0.25) is 0 Å². The van der Waals surface area contributed by atoms with Crippen LogP contribution in [0.15, 0.2) is 18.2 Å². The Morgan fingerprint density at radius 2 is 2.38 bits per heavy atom. The number of ether oxygens (including phenoxy) is 1. The number of rotatable bonds is 4. The summed E-state index contributed by atoms with van der Waals surface area (Å²) in [7, 11) is 0. The van der Waals surface area contributed by atoms with Gasteiger partial charge < -0.3 is 9.84 Å². The number of fused-ring (bicyclic) bond motifs is 1. The molecule has 0 saturated carbocycles. The molecule has 1 aromatic carbocycles. The van der Waals surface area contributed by atoms with E-state index in [1.165, 1.54) is 5.56 Å². The molecule has 0 fully saturated rings. The van der Waals surface area contributed by atoms with Crippen LogP contribution in [0.4, 0.5) is 0 Å². The lowest BCUT2D eigenvalue weighted by Crippen LogP contribution is -2.11. The highest BCUT2D eigenvalue weighted by Crippen LogP contribution is 2.35. The van der Waals surface area contributed by atoms with Gasteiger partial charge in [0.05, 0.1) is 12.7 Å². The van der Waals surface area contributed by atoms with Gasteiger partial charge in [-0.05, 0) is 42.7 Å². The summed E-state index contributed by atoms with van der Waals surface area (Å²) in [5.41, 5.74) is 2.27. The average Bonchev–Trinajstić information content (AvgIpc) is 2.31. The van der Waals surface area contributed by atoms with Crippen molar-refractivity contribution in [3.63, 3.8) is 0 Å². The second-order valence-corrected chi connectivity index (χ2v) is 5.06. The smallest absolute Gasteiger partial charge is 0.122 e. The minimum atomic E-state index is -0.298. The van der Waals surface area contributed by atoms with Gasteiger partial charge in [0, 0.05) is 5.75 Å². The first-order valence-corrected chi connectivity index (χ1v) is 7.14. The van der Waals surface area contributed by atoms with Crippen LogP contribution < -0.4 is 4.74 Å². The van der Waals surface area contributed by atoms with Crippen molar-refractivity contribution in [2.75, 3.05) is 18.6 Å². The molecule has 3 heteroatoms. The molecule has 16 heavy (non-hydrogen) atoms. The van der Waals surface area contributed by atoms with Crippen LogP contribution in [0.3, 0.4) is 0 Å². The van der Waals surface area contributed by atoms with Crippen molar-refractivity contribution in [1.82, 2.24) is 0 Å². The van der Waals surface area contributed by atoms with Gasteiger partial charge in [-0.15, -0.1) is 0 Å². The predicted molar refractivity (Wildman–Crippen MR) is 68.2 cm³/mol. The Morgan fingerprint density at radius 3 is 3.19 bits per heavy atom. The second kappa shape index (κ2) is 5.60. The first-order chi connectivity index (χ1) is 7.83. The maximum Gasteiger partial charge on any atom is 0.122 e. The zero-order valence-corrected chi connectivity index (χ0v) is 10.4. The van der Waals surface area contributed by atoms with Gasteiger partial charge in [0.15, 0.2) is 0 Å². The van der Waals surface area contributed by atoms with Crippen LogP contribution in [0.5, 0.6) is 5.75 Å². The molecular weight excluding hydrogens is 220 g/mol. The number of aliphatic hydroxyl groups is 1. The van der Waals surface area contributed by atoms with Crippen molar-refractivity contribution >= 4 is 11.8 Å². The Labute approximate surface area is 101 Å². The third-order valence-corrected chi connectivity index (χ3v) is 3.55. The van der Waals surface area contributed by atoms with Crippen LogP contribution in [-0.4, -0.2) is 23.7 Å². The summed E-state index contributed by atoms with van der Waals surface area (Å²) in [6.45, 7) is 0.744. The molecule has 0 saturated heterocycles. The highest BCUT2D eigenvalue weighted by molar-refractivity contribution is 7.98. The Balaban J connectivity index is 2.15. The zero-order chi connectivity index (χ0) is 11.4. The van der Waals surface area contributed by atoms with Gasteiger partial charge in [-0.1, -0.05) is 12.1 Å². The fraction of sp³-hybridized carbons (Fsp3) is 0.538. The van der Waals surface area contributed by atoms with Crippen LogP contribution in [-0.2, 0) is 6.42 Å². The minimum Gasteiger partial charge on any atom is -0.492 e. The molecule has 0 heterocycles. The largest absolute Gasteiger partial charge is 0.492 e. The summed E-state index contributed by atoms with van der Waals surface area (Å²) >= 11 is 1.78. The van der Waals surface area contributed by atoms with E-state index in [4.69, 9.17) is 4.74 Å². The van der Waals surface area contributed by atoms with E-state index < -0.39 is 0 Å². The number of benzene rings is 1. The third kappa shape index (κ3) is 2.53. The second-order valence-electron chi connectivity index (χ2n) is 4.07. The monoisotopic (exact) mass is 238 g/mol. The van der Waals surface area contributed by atoms with Gasteiger partial charge in [-0.25, -0.2) is 0 Å². The van der Waals surface area contributed by atoms with Gasteiger partial charge in [-0.2, -0.15) is 11.8 Å². The third-order valence-electron chi connectivity index (χ3n) is 2.98. The highest BCUT2D eigenvalue weighted by atomic mass is 32.2. The van der Waals surface area contributed by atoms with Gasteiger partial charge >= 0.3 is 0 Å². The molecule has 0 radical (unpaired) electrons. The quantitative estimate of drug-likeness (QED) is 0.818. The number of aliphatic hydroxyl groups excluding tert-OH is 1. The minimum absolute atomic E-state index is 0.298. The average molecular weight is 238 g/mol. The Kier molecular flexibility index (Phi) is 4.13. The summed E-state index contributed by atoms with van der Waals surface area (Å²) < 4.78 is 5.76. The van der Waals surface area contributed by atoms with Crippen LogP contribution in [0, 0.1) is 0 Å². The maximum absolute atomic E-state index is 9.90.